The number of hydrogen-bond acceptors (Lipinski definition) is 4. The van der Waals surface area contributed by atoms with Crippen molar-refractivity contribution in [1.82, 2.24) is 0 Å². The molecule has 0 aliphatic rings. The van der Waals surface area contributed by atoms with Crippen molar-refractivity contribution < 1.29 is 20.4 Å². The van der Waals surface area contributed by atoms with Crippen LogP contribution in [0.4, 0.5) is 0 Å². The number of aliphatic hydroxyl groups excluding tert-OH is 3. The second-order valence-electron chi connectivity index (χ2n) is 3.12. The number of aliphatic hydroxyl groups is 3. The molecule has 0 saturated heterocycles. The monoisotopic (exact) mass is 198 g/mol. The van der Waals surface area contributed by atoms with Crippen LogP contribution in [0.25, 0.3) is 0 Å². The fraction of sp³-hybridized carbons (Fsp3) is 0.400. The van der Waals surface area contributed by atoms with Crippen molar-refractivity contribution >= 4 is 0 Å². The van der Waals surface area contributed by atoms with Crippen molar-refractivity contribution in [2.45, 2.75) is 26.7 Å². The predicted molar refractivity (Wildman–Crippen MR) is 50.6 cm³/mol. The second-order valence-corrected chi connectivity index (χ2v) is 3.12. The molecule has 0 spiro atoms. The van der Waals surface area contributed by atoms with Gasteiger partial charge in [-0.1, -0.05) is 0 Å². The normalized spacial score (nSPS) is 10.6. The molecule has 0 atom stereocenters. The van der Waals surface area contributed by atoms with Gasteiger partial charge in [0.25, 0.3) is 0 Å². The van der Waals surface area contributed by atoms with Crippen molar-refractivity contribution in [3.8, 4) is 5.75 Å². The van der Waals surface area contributed by atoms with Crippen LogP contribution in [0.3, 0.4) is 0 Å². The van der Waals surface area contributed by atoms with Gasteiger partial charge in [-0.2, -0.15) is 0 Å². The summed E-state index contributed by atoms with van der Waals surface area (Å²) in [7, 11) is 0. The molecule has 0 heterocycles. The molecule has 4 nitrogen and oxygen atoms in total. The third-order valence-corrected chi connectivity index (χ3v) is 2.37. The molecule has 0 fully saturated rings. The molecule has 4 heteroatoms. The number of benzene rings is 1. The molecule has 14 heavy (non-hydrogen) atoms. The van der Waals surface area contributed by atoms with Crippen LogP contribution >= 0.6 is 0 Å². The Morgan fingerprint density at radius 1 is 1.00 bits per heavy atom. The van der Waals surface area contributed by atoms with Gasteiger partial charge < -0.3 is 20.4 Å². The maximum Gasteiger partial charge on any atom is 0.126 e. The number of hydrogen-bond donors (Lipinski definition) is 4. The van der Waals surface area contributed by atoms with Crippen LogP contribution in [0.5, 0.6) is 5.75 Å². The minimum atomic E-state index is -0.313. The van der Waals surface area contributed by atoms with Crippen molar-refractivity contribution in [2.75, 3.05) is 0 Å². The molecule has 78 valence electrons. The van der Waals surface area contributed by atoms with Crippen molar-refractivity contribution in [2.24, 2.45) is 0 Å². The highest BCUT2D eigenvalue weighted by atomic mass is 16.3. The van der Waals surface area contributed by atoms with E-state index in [4.69, 9.17) is 15.3 Å². The van der Waals surface area contributed by atoms with E-state index >= 15 is 0 Å². The Balaban J connectivity index is 3.39. The van der Waals surface area contributed by atoms with Crippen LogP contribution in [0.15, 0.2) is 6.07 Å². The Labute approximate surface area is 82.1 Å². The van der Waals surface area contributed by atoms with Gasteiger partial charge in [-0.3, -0.25) is 0 Å². The van der Waals surface area contributed by atoms with Gasteiger partial charge in [-0.05, 0) is 24.1 Å². The van der Waals surface area contributed by atoms with E-state index in [1.54, 1.807) is 6.92 Å². The van der Waals surface area contributed by atoms with Crippen LogP contribution in [0.2, 0.25) is 0 Å². The first-order chi connectivity index (χ1) is 6.65. The highest BCUT2D eigenvalue weighted by molar-refractivity contribution is 5.48. The molecule has 0 amide bonds. The van der Waals surface area contributed by atoms with E-state index in [2.05, 4.69) is 0 Å². The largest absolute Gasteiger partial charge is 0.507 e. The Bertz CT molecular complexity index is 305. The summed E-state index contributed by atoms with van der Waals surface area (Å²) in [6.45, 7) is 0.911. The highest BCUT2D eigenvalue weighted by Crippen LogP contribution is 2.29. The molecule has 4 N–H and O–H groups in total. The third-order valence-electron chi connectivity index (χ3n) is 2.37. The summed E-state index contributed by atoms with van der Waals surface area (Å²) < 4.78 is 0. The molecular formula is C10H14O4. The molecule has 0 unspecified atom stereocenters. The molecule has 1 aromatic rings. The van der Waals surface area contributed by atoms with Crippen molar-refractivity contribution in [3.05, 3.63) is 28.3 Å². The average Bonchev–Trinajstić information content (AvgIpc) is 2.19. The molecule has 0 bridgehead atoms. The smallest absolute Gasteiger partial charge is 0.126 e. The number of rotatable bonds is 3. The predicted octanol–water partition coefficient (Wildman–Crippen LogP) is 0.178. The zero-order valence-corrected chi connectivity index (χ0v) is 7.99. The lowest BCUT2D eigenvalue weighted by Gasteiger charge is -2.13. The summed E-state index contributed by atoms with van der Waals surface area (Å²) in [6.07, 6.45) is 0. The van der Waals surface area contributed by atoms with E-state index < -0.39 is 0 Å². The highest BCUT2D eigenvalue weighted by Gasteiger charge is 2.12. The van der Waals surface area contributed by atoms with Gasteiger partial charge in [0.2, 0.25) is 0 Å². The maximum atomic E-state index is 9.59. The molecule has 0 aliphatic carbocycles. The molecule has 1 rings (SSSR count). The zero-order valence-electron chi connectivity index (χ0n) is 7.99. The second kappa shape index (κ2) is 4.41. The lowest BCUT2D eigenvalue weighted by Crippen LogP contribution is -2.00. The van der Waals surface area contributed by atoms with Crippen LogP contribution in [-0.4, -0.2) is 20.4 Å². The fourth-order valence-electron chi connectivity index (χ4n) is 1.43. The van der Waals surface area contributed by atoms with Crippen molar-refractivity contribution in [3.63, 3.8) is 0 Å². The lowest BCUT2D eigenvalue weighted by atomic mass is 9.98. The SMILES string of the molecule is Cc1c(CO)cc(CO)c(O)c1CO. The van der Waals surface area contributed by atoms with Gasteiger partial charge in [-0.15, -0.1) is 0 Å². The van der Waals surface area contributed by atoms with E-state index in [0.29, 0.717) is 22.3 Å². The van der Waals surface area contributed by atoms with E-state index in [1.165, 1.54) is 6.07 Å². The zero-order chi connectivity index (χ0) is 10.7. The van der Waals surface area contributed by atoms with Gasteiger partial charge in [0, 0.05) is 11.1 Å². The van der Waals surface area contributed by atoms with Crippen LogP contribution in [-0.2, 0) is 19.8 Å². The summed E-state index contributed by atoms with van der Waals surface area (Å²) in [5.41, 5.74) is 1.95. The van der Waals surface area contributed by atoms with Crippen LogP contribution < -0.4 is 0 Å². The first kappa shape index (κ1) is 11.0. The topological polar surface area (TPSA) is 80.9 Å². The Hall–Kier alpha value is -1.10. The van der Waals surface area contributed by atoms with E-state index in [9.17, 15) is 5.11 Å². The lowest BCUT2D eigenvalue weighted by molar-refractivity contribution is 0.258. The van der Waals surface area contributed by atoms with Gasteiger partial charge >= 0.3 is 0 Å². The van der Waals surface area contributed by atoms with Crippen molar-refractivity contribution in [1.29, 1.82) is 0 Å². The van der Waals surface area contributed by atoms with Crippen LogP contribution in [0.1, 0.15) is 22.3 Å². The van der Waals surface area contributed by atoms with Crippen LogP contribution in [0, 0.1) is 6.92 Å². The Morgan fingerprint density at radius 2 is 1.57 bits per heavy atom. The van der Waals surface area contributed by atoms with E-state index in [-0.39, 0.29) is 25.6 Å². The third kappa shape index (κ3) is 1.72. The standard InChI is InChI=1S/C10H14O4/c1-6-7(3-11)2-8(4-12)10(14)9(6)5-13/h2,11-14H,3-5H2,1H3. The number of aromatic hydroxyl groups is 1. The molecule has 0 aromatic heterocycles. The molecule has 1 aromatic carbocycles. The Kier molecular flexibility index (Phi) is 3.46. The minimum absolute atomic E-state index is 0.0929. The van der Waals surface area contributed by atoms with Gasteiger partial charge in [0.05, 0.1) is 19.8 Å². The fourth-order valence-corrected chi connectivity index (χ4v) is 1.43. The Morgan fingerprint density at radius 3 is 2.00 bits per heavy atom. The summed E-state index contributed by atoms with van der Waals surface area (Å²) in [4.78, 5) is 0. The first-order valence-corrected chi connectivity index (χ1v) is 4.31. The van der Waals surface area contributed by atoms with Gasteiger partial charge in [-0.25, -0.2) is 0 Å². The quantitative estimate of drug-likeness (QED) is 0.558. The molecule has 0 aliphatic heterocycles. The van der Waals surface area contributed by atoms with Gasteiger partial charge in [0.1, 0.15) is 5.75 Å². The summed E-state index contributed by atoms with van der Waals surface area (Å²) in [5.74, 6) is -0.0929. The number of phenols is 1. The molecular weight excluding hydrogens is 184 g/mol. The molecule has 0 saturated carbocycles. The first-order valence-electron chi connectivity index (χ1n) is 4.31. The summed E-state index contributed by atoms with van der Waals surface area (Å²) in [6, 6.07) is 1.53. The molecule has 0 radical (unpaired) electrons. The van der Waals surface area contributed by atoms with E-state index in [0.717, 1.165) is 0 Å². The summed E-state index contributed by atoms with van der Waals surface area (Å²) in [5, 5.41) is 36.5. The minimum Gasteiger partial charge on any atom is -0.507 e. The average molecular weight is 198 g/mol. The summed E-state index contributed by atoms with van der Waals surface area (Å²) >= 11 is 0. The van der Waals surface area contributed by atoms with E-state index in [1.807, 2.05) is 0 Å². The maximum absolute atomic E-state index is 9.59. The van der Waals surface area contributed by atoms with Gasteiger partial charge in [0.15, 0.2) is 0 Å².